The van der Waals surface area contributed by atoms with Crippen molar-refractivity contribution in [2.45, 2.75) is 64.0 Å². The summed E-state index contributed by atoms with van der Waals surface area (Å²) < 4.78 is 24.6. The minimum absolute atomic E-state index is 0.255. The van der Waals surface area contributed by atoms with Gasteiger partial charge in [0.15, 0.2) is 9.84 Å². The molecule has 1 saturated carbocycles. The standard InChI is InChI=1S/C14H25NO2S/c1-3-5-9-18(16,17)14-10-12(6-4-2)7-8-13(14)11-15/h12-14H,3-10H2,1-2H3. The van der Waals surface area contributed by atoms with Crippen molar-refractivity contribution in [2.75, 3.05) is 5.75 Å². The van der Waals surface area contributed by atoms with Gasteiger partial charge in [-0.05, 0) is 31.6 Å². The van der Waals surface area contributed by atoms with E-state index in [2.05, 4.69) is 13.0 Å². The van der Waals surface area contributed by atoms with Gasteiger partial charge in [0.1, 0.15) is 0 Å². The molecule has 18 heavy (non-hydrogen) atoms. The molecule has 1 aliphatic rings. The highest BCUT2D eigenvalue weighted by molar-refractivity contribution is 7.92. The molecule has 104 valence electrons. The first-order chi connectivity index (χ1) is 8.55. The molecule has 0 aliphatic heterocycles. The average Bonchev–Trinajstić information content (AvgIpc) is 2.37. The molecule has 3 atom stereocenters. The van der Waals surface area contributed by atoms with Crippen molar-refractivity contribution < 1.29 is 8.42 Å². The highest BCUT2D eigenvalue weighted by Gasteiger charge is 2.38. The third-order valence-corrected chi connectivity index (χ3v) is 6.31. The number of nitriles is 1. The van der Waals surface area contributed by atoms with Crippen LogP contribution in [0.3, 0.4) is 0 Å². The van der Waals surface area contributed by atoms with Crippen LogP contribution in [0.4, 0.5) is 0 Å². The third kappa shape index (κ3) is 3.98. The Morgan fingerprint density at radius 2 is 1.94 bits per heavy atom. The van der Waals surface area contributed by atoms with Gasteiger partial charge in [0.25, 0.3) is 0 Å². The second-order valence-corrected chi connectivity index (χ2v) is 7.80. The lowest BCUT2D eigenvalue weighted by atomic mass is 9.80. The summed E-state index contributed by atoms with van der Waals surface area (Å²) >= 11 is 0. The molecule has 0 amide bonds. The van der Waals surface area contributed by atoms with Crippen molar-refractivity contribution in [3.05, 3.63) is 0 Å². The van der Waals surface area contributed by atoms with Crippen molar-refractivity contribution in [2.24, 2.45) is 11.8 Å². The molecule has 0 bridgehead atoms. The molecule has 0 spiro atoms. The van der Waals surface area contributed by atoms with Crippen LogP contribution in [0.2, 0.25) is 0 Å². The molecule has 1 fully saturated rings. The molecule has 0 heterocycles. The summed E-state index contributed by atoms with van der Waals surface area (Å²) in [5, 5.41) is 8.75. The van der Waals surface area contributed by atoms with Crippen LogP contribution in [0.1, 0.15) is 58.8 Å². The Morgan fingerprint density at radius 3 is 2.50 bits per heavy atom. The van der Waals surface area contributed by atoms with Gasteiger partial charge >= 0.3 is 0 Å². The van der Waals surface area contributed by atoms with E-state index in [0.29, 0.717) is 12.3 Å². The fourth-order valence-corrected chi connectivity index (χ4v) is 5.18. The van der Waals surface area contributed by atoms with E-state index in [4.69, 9.17) is 5.26 Å². The fraction of sp³-hybridized carbons (Fsp3) is 0.929. The summed E-state index contributed by atoms with van der Waals surface area (Å²) in [4.78, 5) is 0. The second-order valence-electron chi connectivity index (χ2n) is 5.46. The molecule has 3 unspecified atom stereocenters. The zero-order chi connectivity index (χ0) is 13.6. The maximum Gasteiger partial charge on any atom is 0.154 e. The lowest BCUT2D eigenvalue weighted by Gasteiger charge is -2.32. The molecule has 0 aromatic carbocycles. The minimum Gasteiger partial charge on any atom is -0.229 e. The quantitative estimate of drug-likeness (QED) is 0.744. The number of hydrogen-bond acceptors (Lipinski definition) is 3. The second kappa shape index (κ2) is 7.13. The molecule has 0 aromatic heterocycles. The predicted octanol–water partition coefficient (Wildman–Crippen LogP) is 3.31. The van der Waals surface area contributed by atoms with Crippen LogP contribution in [0, 0.1) is 23.2 Å². The van der Waals surface area contributed by atoms with Crippen molar-refractivity contribution in [1.29, 1.82) is 5.26 Å². The molecule has 1 rings (SSSR count). The summed E-state index contributed by atoms with van der Waals surface area (Å²) in [6.45, 7) is 4.13. The van der Waals surface area contributed by atoms with Crippen LogP contribution >= 0.6 is 0 Å². The first-order valence-corrected chi connectivity index (χ1v) is 8.87. The van der Waals surface area contributed by atoms with Crippen LogP contribution < -0.4 is 0 Å². The van der Waals surface area contributed by atoms with Gasteiger partial charge in [-0.2, -0.15) is 5.26 Å². The summed E-state index contributed by atoms with van der Waals surface area (Å²) in [6, 6.07) is 2.22. The van der Waals surface area contributed by atoms with Gasteiger partial charge in [-0.15, -0.1) is 0 Å². The molecule has 0 N–H and O–H groups in total. The number of sulfone groups is 1. The Balaban J connectivity index is 2.77. The van der Waals surface area contributed by atoms with E-state index in [1.54, 1.807) is 0 Å². The van der Waals surface area contributed by atoms with E-state index >= 15 is 0 Å². The monoisotopic (exact) mass is 271 g/mol. The normalized spacial score (nSPS) is 28.8. The maximum atomic E-state index is 12.3. The highest BCUT2D eigenvalue weighted by atomic mass is 32.2. The van der Waals surface area contributed by atoms with Gasteiger partial charge in [-0.25, -0.2) is 8.42 Å². The molecule has 0 saturated heterocycles. The number of unbranched alkanes of at least 4 members (excludes halogenated alkanes) is 1. The predicted molar refractivity (Wildman–Crippen MR) is 73.8 cm³/mol. The van der Waals surface area contributed by atoms with E-state index in [1.807, 2.05) is 6.92 Å². The Kier molecular flexibility index (Phi) is 6.14. The summed E-state index contributed by atoms with van der Waals surface area (Å²) in [5.41, 5.74) is 0. The van der Waals surface area contributed by atoms with E-state index in [1.165, 1.54) is 0 Å². The highest BCUT2D eigenvalue weighted by Crippen LogP contribution is 2.35. The topological polar surface area (TPSA) is 57.9 Å². The van der Waals surface area contributed by atoms with Crippen molar-refractivity contribution in [1.82, 2.24) is 0 Å². The first-order valence-electron chi connectivity index (χ1n) is 7.16. The van der Waals surface area contributed by atoms with Crippen molar-refractivity contribution in [3.63, 3.8) is 0 Å². The third-order valence-electron chi connectivity index (χ3n) is 4.01. The maximum absolute atomic E-state index is 12.3. The molecular weight excluding hydrogens is 246 g/mol. The largest absolute Gasteiger partial charge is 0.229 e. The zero-order valence-corrected chi connectivity index (χ0v) is 12.4. The smallest absolute Gasteiger partial charge is 0.154 e. The molecular formula is C14H25NO2S. The average molecular weight is 271 g/mol. The fourth-order valence-electron chi connectivity index (χ4n) is 2.92. The van der Waals surface area contributed by atoms with Gasteiger partial charge in [-0.1, -0.05) is 33.1 Å². The lowest BCUT2D eigenvalue weighted by molar-refractivity contribution is 0.298. The van der Waals surface area contributed by atoms with Gasteiger partial charge in [0.05, 0.1) is 23.0 Å². The Morgan fingerprint density at radius 1 is 1.22 bits per heavy atom. The molecule has 4 heteroatoms. The van der Waals surface area contributed by atoms with Crippen LogP contribution in [-0.4, -0.2) is 19.4 Å². The van der Waals surface area contributed by atoms with E-state index in [9.17, 15) is 8.42 Å². The van der Waals surface area contributed by atoms with E-state index < -0.39 is 15.1 Å². The van der Waals surface area contributed by atoms with Gasteiger partial charge < -0.3 is 0 Å². The molecule has 0 aromatic rings. The summed E-state index contributed by atoms with van der Waals surface area (Å²) in [7, 11) is -3.08. The number of rotatable bonds is 6. The Labute approximate surface area is 111 Å². The minimum atomic E-state index is -3.08. The van der Waals surface area contributed by atoms with Crippen LogP contribution in [-0.2, 0) is 9.84 Å². The van der Waals surface area contributed by atoms with Gasteiger partial charge in [0, 0.05) is 0 Å². The van der Waals surface area contributed by atoms with Crippen LogP contribution in [0.15, 0.2) is 0 Å². The van der Waals surface area contributed by atoms with E-state index in [0.717, 1.165) is 38.5 Å². The Bertz CT molecular complexity index is 383. The summed E-state index contributed by atoms with van der Waals surface area (Å²) in [5.74, 6) is 0.478. The van der Waals surface area contributed by atoms with Crippen molar-refractivity contribution in [3.8, 4) is 6.07 Å². The molecule has 1 aliphatic carbocycles. The number of nitrogens with zero attached hydrogens (tertiary/aromatic N) is 1. The first kappa shape index (κ1) is 15.5. The zero-order valence-electron chi connectivity index (χ0n) is 11.6. The summed E-state index contributed by atoms with van der Waals surface area (Å²) in [6.07, 6.45) is 6.29. The van der Waals surface area contributed by atoms with E-state index in [-0.39, 0.29) is 11.7 Å². The molecule has 3 nitrogen and oxygen atoms in total. The SMILES string of the molecule is CCCCS(=O)(=O)C1CC(CCC)CCC1C#N. The lowest BCUT2D eigenvalue weighted by Crippen LogP contribution is -2.37. The van der Waals surface area contributed by atoms with Crippen LogP contribution in [0.25, 0.3) is 0 Å². The van der Waals surface area contributed by atoms with Gasteiger partial charge in [0.2, 0.25) is 0 Å². The Hall–Kier alpha value is -0.560. The molecule has 0 radical (unpaired) electrons. The van der Waals surface area contributed by atoms with Crippen LogP contribution in [0.5, 0.6) is 0 Å². The van der Waals surface area contributed by atoms with Crippen molar-refractivity contribution >= 4 is 9.84 Å². The number of hydrogen-bond donors (Lipinski definition) is 0. The van der Waals surface area contributed by atoms with Gasteiger partial charge in [-0.3, -0.25) is 0 Å².